The molecule has 14 heavy (non-hydrogen) atoms. The zero-order valence-electron chi connectivity index (χ0n) is 8.54. The number of hydrogen-bond acceptors (Lipinski definition) is 5. The second-order valence-electron chi connectivity index (χ2n) is 2.93. The molecule has 5 heteroatoms. The summed E-state index contributed by atoms with van der Waals surface area (Å²) in [6, 6.07) is 0. The number of ether oxygens (including phenoxy) is 3. The van der Waals surface area contributed by atoms with E-state index in [1.165, 1.54) is 28.1 Å². The molecule has 0 N–H and O–H groups in total. The molecule has 0 unspecified atom stereocenters. The molecule has 0 aliphatic carbocycles. The molecule has 0 bridgehead atoms. The van der Waals surface area contributed by atoms with Crippen LogP contribution >= 0.6 is 0 Å². The number of hydrogen-bond donors (Lipinski definition) is 0. The lowest BCUT2D eigenvalue weighted by atomic mass is 10.0. The summed E-state index contributed by atoms with van der Waals surface area (Å²) in [5, 5.41) is 0. The average Bonchev–Trinajstić information content (AvgIpc) is 2.21. The van der Waals surface area contributed by atoms with E-state index < -0.39 is 17.7 Å². The minimum Gasteiger partial charge on any atom is -0.398 e. The van der Waals surface area contributed by atoms with Crippen LogP contribution in [-0.2, 0) is 23.8 Å². The fourth-order valence-corrected chi connectivity index (χ4v) is 1.15. The Morgan fingerprint density at radius 2 is 1.57 bits per heavy atom. The number of cyclic esters (lactones) is 1. The quantitative estimate of drug-likeness (QED) is 0.476. The van der Waals surface area contributed by atoms with Gasteiger partial charge in [-0.1, -0.05) is 0 Å². The molecule has 1 aliphatic heterocycles. The van der Waals surface area contributed by atoms with Crippen LogP contribution in [0.1, 0.15) is 13.8 Å². The van der Waals surface area contributed by atoms with E-state index in [0.29, 0.717) is 5.57 Å². The first-order chi connectivity index (χ1) is 6.48. The average molecular weight is 200 g/mol. The standard InChI is InChI=1S/C9H12O5/c1-5-6(2)8(11)14-9(12-3,13-4)7(5)10/h1-4H3. The molecule has 0 saturated carbocycles. The molecule has 78 valence electrons. The summed E-state index contributed by atoms with van der Waals surface area (Å²) in [5.41, 5.74) is 0.574. The number of rotatable bonds is 2. The van der Waals surface area contributed by atoms with Gasteiger partial charge in [0.05, 0.1) is 0 Å². The van der Waals surface area contributed by atoms with E-state index in [9.17, 15) is 9.59 Å². The first-order valence-corrected chi connectivity index (χ1v) is 4.04. The van der Waals surface area contributed by atoms with Gasteiger partial charge in [0, 0.05) is 25.4 Å². The van der Waals surface area contributed by atoms with Crippen LogP contribution in [0, 0.1) is 0 Å². The van der Waals surface area contributed by atoms with Crippen molar-refractivity contribution in [1.82, 2.24) is 0 Å². The Hall–Kier alpha value is -1.20. The highest BCUT2D eigenvalue weighted by atomic mass is 16.9. The van der Waals surface area contributed by atoms with Gasteiger partial charge in [-0.2, -0.15) is 0 Å². The van der Waals surface area contributed by atoms with Gasteiger partial charge in [0.15, 0.2) is 0 Å². The maximum atomic E-state index is 11.7. The lowest BCUT2D eigenvalue weighted by molar-refractivity contribution is -0.318. The zero-order valence-corrected chi connectivity index (χ0v) is 8.54. The van der Waals surface area contributed by atoms with Gasteiger partial charge in [0.25, 0.3) is 5.78 Å². The Morgan fingerprint density at radius 3 is 2.00 bits per heavy atom. The van der Waals surface area contributed by atoms with E-state index in [1.807, 2.05) is 0 Å². The first-order valence-electron chi connectivity index (χ1n) is 4.04. The van der Waals surface area contributed by atoms with Crippen LogP contribution in [0.4, 0.5) is 0 Å². The molecule has 0 aromatic carbocycles. The van der Waals surface area contributed by atoms with E-state index >= 15 is 0 Å². The van der Waals surface area contributed by atoms with Gasteiger partial charge in [-0.15, -0.1) is 0 Å². The summed E-state index contributed by atoms with van der Waals surface area (Å²) in [4.78, 5) is 23.0. The predicted octanol–water partition coefficient (Wildman–Crippen LogP) is 0.395. The monoisotopic (exact) mass is 200 g/mol. The molecule has 1 aliphatic rings. The van der Waals surface area contributed by atoms with Gasteiger partial charge in [0.1, 0.15) is 0 Å². The van der Waals surface area contributed by atoms with Gasteiger partial charge in [-0.25, -0.2) is 4.79 Å². The number of Topliss-reactive ketones (excluding diaryl/α,β-unsaturated/α-hetero) is 1. The van der Waals surface area contributed by atoms with Crippen LogP contribution in [0.2, 0.25) is 0 Å². The van der Waals surface area contributed by atoms with Gasteiger partial charge in [-0.05, 0) is 13.8 Å². The van der Waals surface area contributed by atoms with Crippen LogP contribution in [0.3, 0.4) is 0 Å². The number of carbonyl (C=O) groups is 2. The molecule has 0 aromatic rings. The van der Waals surface area contributed by atoms with Crippen molar-refractivity contribution in [1.29, 1.82) is 0 Å². The fraction of sp³-hybridized carbons (Fsp3) is 0.556. The van der Waals surface area contributed by atoms with Crippen molar-refractivity contribution in [2.24, 2.45) is 0 Å². The predicted molar refractivity (Wildman–Crippen MR) is 46.2 cm³/mol. The molecule has 1 rings (SSSR count). The van der Waals surface area contributed by atoms with Crippen LogP contribution in [0.25, 0.3) is 0 Å². The molecule has 0 fully saturated rings. The van der Waals surface area contributed by atoms with E-state index in [4.69, 9.17) is 14.2 Å². The molecule has 5 nitrogen and oxygen atoms in total. The highest BCUT2D eigenvalue weighted by Crippen LogP contribution is 2.27. The van der Waals surface area contributed by atoms with Crippen molar-refractivity contribution in [2.75, 3.05) is 14.2 Å². The van der Waals surface area contributed by atoms with Crippen LogP contribution in [0.5, 0.6) is 0 Å². The van der Waals surface area contributed by atoms with E-state index in [2.05, 4.69) is 0 Å². The highest BCUT2D eigenvalue weighted by molar-refractivity contribution is 6.10. The van der Waals surface area contributed by atoms with Gasteiger partial charge < -0.3 is 14.2 Å². The lowest BCUT2D eigenvalue weighted by Gasteiger charge is -2.31. The molecule has 0 radical (unpaired) electrons. The molecular weight excluding hydrogens is 188 g/mol. The molecule has 0 saturated heterocycles. The Labute approximate surface area is 81.6 Å². The van der Waals surface area contributed by atoms with Crippen molar-refractivity contribution in [3.8, 4) is 0 Å². The van der Waals surface area contributed by atoms with Crippen molar-refractivity contribution in [3.05, 3.63) is 11.1 Å². The summed E-state index contributed by atoms with van der Waals surface area (Å²) in [6.45, 7) is 3.05. The van der Waals surface area contributed by atoms with E-state index in [0.717, 1.165) is 0 Å². The Bertz CT molecular complexity index is 311. The van der Waals surface area contributed by atoms with Crippen LogP contribution < -0.4 is 0 Å². The van der Waals surface area contributed by atoms with Gasteiger partial charge >= 0.3 is 11.9 Å². The second-order valence-corrected chi connectivity index (χ2v) is 2.93. The molecule has 0 amide bonds. The summed E-state index contributed by atoms with van der Waals surface area (Å²) < 4.78 is 14.3. The second kappa shape index (κ2) is 3.51. The van der Waals surface area contributed by atoms with Crippen molar-refractivity contribution >= 4 is 11.8 Å². The maximum absolute atomic E-state index is 11.7. The molecule has 1 heterocycles. The molecule has 0 atom stereocenters. The SMILES string of the molecule is COC1(OC)OC(=O)C(C)=C(C)C1=O. The van der Waals surface area contributed by atoms with Crippen molar-refractivity contribution < 1.29 is 23.8 Å². The summed E-state index contributed by atoms with van der Waals surface area (Å²) in [7, 11) is 2.48. The van der Waals surface area contributed by atoms with Crippen LogP contribution in [0.15, 0.2) is 11.1 Å². The third-order valence-electron chi connectivity index (χ3n) is 2.25. The third-order valence-corrected chi connectivity index (χ3v) is 2.25. The normalized spacial score (nSPS) is 21.1. The Balaban J connectivity index is 3.20. The topological polar surface area (TPSA) is 61.8 Å². The third kappa shape index (κ3) is 1.34. The number of carbonyl (C=O) groups excluding carboxylic acids is 2. The Kier molecular flexibility index (Phi) is 2.73. The van der Waals surface area contributed by atoms with Crippen molar-refractivity contribution in [2.45, 2.75) is 19.8 Å². The number of methoxy groups -OCH3 is 2. The lowest BCUT2D eigenvalue weighted by Crippen LogP contribution is -2.50. The van der Waals surface area contributed by atoms with Gasteiger partial charge in [0.2, 0.25) is 0 Å². The summed E-state index contributed by atoms with van der Waals surface area (Å²) in [5.74, 6) is -2.99. The van der Waals surface area contributed by atoms with Crippen molar-refractivity contribution in [3.63, 3.8) is 0 Å². The smallest absolute Gasteiger partial charge is 0.397 e. The first kappa shape index (κ1) is 10.9. The summed E-state index contributed by atoms with van der Waals surface area (Å²) in [6.07, 6.45) is 0. The Morgan fingerprint density at radius 1 is 1.07 bits per heavy atom. The maximum Gasteiger partial charge on any atom is 0.397 e. The summed E-state index contributed by atoms with van der Waals surface area (Å²) >= 11 is 0. The zero-order chi connectivity index (χ0) is 10.9. The van der Waals surface area contributed by atoms with E-state index in [1.54, 1.807) is 0 Å². The minimum atomic E-state index is -1.90. The molecule has 0 spiro atoms. The number of ketones is 1. The largest absolute Gasteiger partial charge is 0.398 e. The number of esters is 1. The molecular formula is C9H12O5. The fourth-order valence-electron chi connectivity index (χ4n) is 1.15. The van der Waals surface area contributed by atoms with Crippen LogP contribution in [-0.4, -0.2) is 31.9 Å². The van der Waals surface area contributed by atoms with E-state index in [-0.39, 0.29) is 5.57 Å². The van der Waals surface area contributed by atoms with Gasteiger partial charge in [-0.3, -0.25) is 4.79 Å². The highest BCUT2D eigenvalue weighted by Gasteiger charge is 2.48. The minimum absolute atomic E-state index is 0.278. The molecule has 0 aromatic heterocycles.